The van der Waals surface area contributed by atoms with Gasteiger partial charge in [0.2, 0.25) is 6.29 Å². The molecule has 26 heavy (non-hydrogen) atoms. The summed E-state index contributed by atoms with van der Waals surface area (Å²) in [7, 11) is 0. The number of amides is 1. The summed E-state index contributed by atoms with van der Waals surface area (Å²) < 4.78 is 5.34. The molecular weight excluding hydrogens is 328 g/mol. The SMILES string of the molecule is NCCCC[C@H]([C]=O)NC(=O)OCc1cccc2c1Cc1ccccc1-2. The number of ether oxygens (including phenoxy) is 1. The first-order chi connectivity index (χ1) is 12.7. The Kier molecular flexibility index (Phi) is 6.02. The van der Waals surface area contributed by atoms with E-state index in [0.717, 1.165) is 24.8 Å². The van der Waals surface area contributed by atoms with E-state index >= 15 is 0 Å². The zero-order valence-electron chi connectivity index (χ0n) is 14.7. The molecule has 1 amide bonds. The third kappa shape index (κ3) is 4.11. The summed E-state index contributed by atoms with van der Waals surface area (Å²) >= 11 is 0. The number of hydrogen-bond acceptors (Lipinski definition) is 4. The van der Waals surface area contributed by atoms with E-state index in [1.54, 1.807) is 0 Å². The van der Waals surface area contributed by atoms with Gasteiger partial charge in [-0.1, -0.05) is 42.5 Å². The first-order valence-electron chi connectivity index (χ1n) is 8.93. The van der Waals surface area contributed by atoms with Crippen LogP contribution in [0.4, 0.5) is 4.79 Å². The summed E-state index contributed by atoms with van der Waals surface area (Å²) in [4.78, 5) is 23.0. The van der Waals surface area contributed by atoms with E-state index < -0.39 is 12.1 Å². The lowest BCUT2D eigenvalue weighted by atomic mass is 10.0. The van der Waals surface area contributed by atoms with Gasteiger partial charge in [-0.2, -0.15) is 0 Å². The summed E-state index contributed by atoms with van der Waals surface area (Å²) in [5.41, 5.74) is 11.3. The molecule has 1 aliphatic rings. The third-order valence-electron chi connectivity index (χ3n) is 4.69. The van der Waals surface area contributed by atoms with Gasteiger partial charge in [0.05, 0.1) is 6.04 Å². The molecule has 0 heterocycles. The Morgan fingerprint density at radius 2 is 1.96 bits per heavy atom. The van der Waals surface area contributed by atoms with Crippen LogP contribution in [0.15, 0.2) is 42.5 Å². The number of fused-ring (bicyclic) bond motifs is 3. The second-order valence-corrected chi connectivity index (χ2v) is 6.45. The molecule has 0 aromatic heterocycles. The highest BCUT2D eigenvalue weighted by molar-refractivity contribution is 5.78. The molecule has 135 valence electrons. The van der Waals surface area contributed by atoms with Crippen LogP contribution in [0.25, 0.3) is 11.1 Å². The molecule has 1 aliphatic carbocycles. The van der Waals surface area contributed by atoms with Crippen molar-refractivity contribution in [2.75, 3.05) is 6.54 Å². The van der Waals surface area contributed by atoms with Gasteiger partial charge in [0.15, 0.2) is 0 Å². The summed E-state index contributed by atoms with van der Waals surface area (Å²) in [5, 5.41) is 2.56. The minimum atomic E-state index is -0.653. The van der Waals surface area contributed by atoms with Crippen LogP contribution in [0.1, 0.15) is 36.0 Å². The van der Waals surface area contributed by atoms with E-state index in [1.165, 1.54) is 22.3 Å². The van der Waals surface area contributed by atoms with E-state index in [0.29, 0.717) is 13.0 Å². The Morgan fingerprint density at radius 3 is 2.77 bits per heavy atom. The van der Waals surface area contributed by atoms with Crippen LogP contribution in [0.3, 0.4) is 0 Å². The Hall–Kier alpha value is -2.66. The molecule has 0 spiro atoms. The molecule has 5 heteroatoms. The topological polar surface area (TPSA) is 81.4 Å². The van der Waals surface area contributed by atoms with Gasteiger partial charge in [-0.25, -0.2) is 4.79 Å². The molecule has 3 rings (SSSR count). The molecule has 1 atom stereocenters. The zero-order chi connectivity index (χ0) is 18.4. The van der Waals surface area contributed by atoms with Crippen molar-refractivity contribution < 1.29 is 14.3 Å². The van der Waals surface area contributed by atoms with Crippen LogP contribution in [0.2, 0.25) is 0 Å². The predicted molar refractivity (Wildman–Crippen MR) is 100 cm³/mol. The van der Waals surface area contributed by atoms with Gasteiger partial charge in [0.1, 0.15) is 6.61 Å². The number of nitrogens with two attached hydrogens (primary N) is 1. The van der Waals surface area contributed by atoms with Gasteiger partial charge in [-0.3, -0.25) is 4.79 Å². The van der Waals surface area contributed by atoms with Crippen LogP contribution < -0.4 is 11.1 Å². The number of hydrogen-bond donors (Lipinski definition) is 2. The highest BCUT2D eigenvalue weighted by Crippen LogP contribution is 2.38. The van der Waals surface area contributed by atoms with Gasteiger partial charge < -0.3 is 15.8 Å². The molecule has 0 bridgehead atoms. The fourth-order valence-corrected chi connectivity index (χ4v) is 3.34. The lowest BCUT2D eigenvalue weighted by Gasteiger charge is -2.13. The quantitative estimate of drug-likeness (QED) is 0.611. The summed E-state index contributed by atoms with van der Waals surface area (Å²) in [6.07, 6.45) is 4.18. The van der Waals surface area contributed by atoms with Gasteiger partial charge in [-0.15, -0.1) is 0 Å². The maximum Gasteiger partial charge on any atom is 0.408 e. The first-order valence-corrected chi connectivity index (χ1v) is 8.93. The smallest absolute Gasteiger partial charge is 0.408 e. The van der Waals surface area contributed by atoms with Crippen molar-refractivity contribution in [1.82, 2.24) is 5.32 Å². The number of unbranched alkanes of at least 4 members (excludes halogenated alkanes) is 1. The summed E-state index contributed by atoms with van der Waals surface area (Å²) in [5.74, 6) is 0. The Morgan fingerprint density at radius 1 is 1.15 bits per heavy atom. The molecule has 0 unspecified atom stereocenters. The van der Waals surface area contributed by atoms with E-state index in [1.807, 2.05) is 30.6 Å². The van der Waals surface area contributed by atoms with Gasteiger partial charge >= 0.3 is 6.09 Å². The van der Waals surface area contributed by atoms with E-state index in [-0.39, 0.29) is 6.61 Å². The van der Waals surface area contributed by atoms with Crippen molar-refractivity contribution in [3.8, 4) is 11.1 Å². The molecule has 3 N–H and O–H groups in total. The molecule has 0 aliphatic heterocycles. The molecular formula is C21H23N2O3. The average molecular weight is 351 g/mol. The van der Waals surface area contributed by atoms with Gasteiger partial charge in [0.25, 0.3) is 0 Å². The van der Waals surface area contributed by atoms with Crippen LogP contribution in [-0.2, 0) is 22.6 Å². The Balaban J connectivity index is 1.59. The number of nitrogens with one attached hydrogen (secondary N) is 1. The first kappa shape index (κ1) is 18.1. The number of benzene rings is 2. The number of rotatable bonds is 8. The highest BCUT2D eigenvalue weighted by Gasteiger charge is 2.21. The second-order valence-electron chi connectivity index (χ2n) is 6.45. The molecule has 0 saturated heterocycles. The van der Waals surface area contributed by atoms with Crippen LogP contribution in [0.5, 0.6) is 0 Å². The maximum absolute atomic E-state index is 12.0. The Bertz CT molecular complexity index is 789. The largest absolute Gasteiger partial charge is 0.445 e. The number of alkyl carbamates (subject to hydrolysis) is 1. The van der Waals surface area contributed by atoms with Crippen molar-refractivity contribution in [2.24, 2.45) is 5.73 Å². The van der Waals surface area contributed by atoms with Crippen LogP contribution >= 0.6 is 0 Å². The van der Waals surface area contributed by atoms with Gasteiger partial charge in [0, 0.05) is 0 Å². The van der Waals surface area contributed by atoms with Crippen LogP contribution in [-0.4, -0.2) is 25.0 Å². The van der Waals surface area contributed by atoms with Crippen molar-refractivity contribution in [3.63, 3.8) is 0 Å². The normalized spacial score (nSPS) is 12.8. The number of carbonyl (C=O) groups is 1. The van der Waals surface area contributed by atoms with Crippen LogP contribution in [0, 0.1) is 0 Å². The van der Waals surface area contributed by atoms with Gasteiger partial charge in [-0.05, 0) is 60.0 Å². The van der Waals surface area contributed by atoms with E-state index in [9.17, 15) is 9.59 Å². The van der Waals surface area contributed by atoms with Crippen molar-refractivity contribution in [2.45, 2.75) is 38.3 Å². The third-order valence-corrected chi connectivity index (χ3v) is 4.69. The molecule has 2 aromatic carbocycles. The lowest BCUT2D eigenvalue weighted by Crippen LogP contribution is -2.36. The monoisotopic (exact) mass is 351 g/mol. The minimum Gasteiger partial charge on any atom is -0.445 e. The van der Waals surface area contributed by atoms with E-state index in [2.05, 4.69) is 23.5 Å². The average Bonchev–Trinajstić information content (AvgIpc) is 3.05. The maximum atomic E-state index is 12.0. The predicted octanol–water partition coefficient (Wildman–Crippen LogP) is 3.09. The van der Waals surface area contributed by atoms with E-state index in [4.69, 9.17) is 10.5 Å². The fourth-order valence-electron chi connectivity index (χ4n) is 3.34. The summed E-state index contributed by atoms with van der Waals surface area (Å²) in [6.45, 7) is 0.745. The fraction of sp³-hybridized carbons (Fsp3) is 0.333. The lowest BCUT2D eigenvalue weighted by molar-refractivity contribution is 0.137. The van der Waals surface area contributed by atoms with Crippen molar-refractivity contribution in [3.05, 3.63) is 59.2 Å². The molecule has 2 aromatic rings. The molecule has 1 radical (unpaired) electrons. The molecule has 0 saturated carbocycles. The Labute approximate surface area is 153 Å². The molecule has 5 nitrogen and oxygen atoms in total. The second kappa shape index (κ2) is 8.63. The summed E-state index contributed by atoms with van der Waals surface area (Å²) in [6, 6.07) is 13.7. The standard InChI is InChI=1S/C21H23N2O3/c22-11-4-3-8-17(13-24)23-21(25)26-14-16-7-5-10-19-18-9-2-1-6-15(18)12-20(16)19/h1-2,5-7,9-10,17H,3-4,8,11-12,14,22H2,(H,23,25)/t17-/m1/s1. The van der Waals surface area contributed by atoms with Crippen molar-refractivity contribution in [1.29, 1.82) is 0 Å². The molecule has 0 fully saturated rings. The highest BCUT2D eigenvalue weighted by atomic mass is 16.5. The van der Waals surface area contributed by atoms with Crippen molar-refractivity contribution >= 4 is 12.4 Å². The zero-order valence-corrected chi connectivity index (χ0v) is 14.7. The minimum absolute atomic E-state index is 0.178. The number of carbonyl (C=O) groups excluding carboxylic acids is 2.